The first-order valence-electron chi connectivity index (χ1n) is 10.00. The van der Waals surface area contributed by atoms with Gasteiger partial charge in [0.05, 0.1) is 11.9 Å². The quantitative estimate of drug-likeness (QED) is 0.593. The number of aryl methyl sites for hydroxylation is 1. The van der Waals surface area contributed by atoms with E-state index in [4.69, 9.17) is 11.6 Å². The van der Waals surface area contributed by atoms with Crippen LogP contribution in [0.15, 0.2) is 42.5 Å². The fourth-order valence-electron chi connectivity index (χ4n) is 3.21. The molecule has 0 aliphatic rings. The fraction of sp³-hybridized carbons (Fsp3) is 0.364. The first-order valence-corrected chi connectivity index (χ1v) is 12.2. The number of likely N-dealkylation sites (N-methyl/N-ethyl adjacent to an activating group) is 1. The van der Waals surface area contributed by atoms with Crippen molar-refractivity contribution in [1.29, 1.82) is 0 Å². The topological polar surface area (TPSA) is 86.8 Å². The van der Waals surface area contributed by atoms with Gasteiger partial charge in [0.1, 0.15) is 18.4 Å². The molecule has 2 aromatic carbocycles. The maximum Gasteiger partial charge on any atom is 0.244 e. The highest BCUT2D eigenvalue weighted by Gasteiger charge is 2.30. The van der Waals surface area contributed by atoms with E-state index in [9.17, 15) is 22.4 Å². The second-order valence-electron chi connectivity index (χ2n) is 7.38. The Morgan fingerprint density at radius 2 is 1.84 bits per heavy atom. The third-order valence-corrected chi connectivity index (χ3v) is 6.29. The van der Waals surface area contributed by atoms with Gasteiger partial charge in [0, 0.05) is 23.7 Å². The zero-order chi connectivity index (χ0) is 24.1. The molecule has 1 N–H and O–H groups in total. The van der Waals surface area contributed by atoms with Crippen LogP contribution >= 0.6 is 11.6 Å². The number of hydrogen-bond donors (Lipinski definition) is 1. The number of carbonyl (C=O) groups is 2. The number of nitrogens with one attached hydrogen (secondary N) is 1. The Balaban J connectivity index is 2.43. The molecule has 0 aliphatic carbocycles. The largest absolute Gasteiger partial charge is 0.355 e. The zero-order valence-corrected chi connectivity index (χ0v) is 20.0. The molecule has 0 aliphatic heterocycles. The maximum atomic E-state index is 14.3. The molecule has 0 saturated carbocycles. The standard InChI is InChI=1S/C22H27ClFN3O4S/c1-5-25-22(29)16(3)26(13-17-8-6-7-9-19(17)24)21(28)14-27(32(4,30)31)20-11-10-18(23)12-15(20)2/h6-12,16H,5,13-14H2,1-4H3,(H,25,29)/t16-/m0/s1. The summed E-state index contributed by atoms with van der Waals surface area (Å²) in [6.07, 6.45) is 0.989. The van der Waals surface area contributed by atoms with E-state index in [1.165, 1.54) is 42.2 Å². The molecule has 7 nitrogen and oxygen atoms in total. The molecule has 0 fully saturated rings. The summed E-state index contributed by atoms with van der Waals surface area (Å²) in [5, 5.41) is 3.07. The molecule has 174 valence electrons. The van der Waals surface area contributed by atoms with Crippen LogP contribution in [0.4, 0.5) is 10.1 Å². The molecular formula is C22H27ClFN3O4S. The molecule has 32 heavy (non-hydrogen) atoms. The monoisotopic (exact) mass is 483 g/mol. The highest BCUT2D eigenvalue weighted by molar-refractivity contribution is 7.92. The predicted octanol–water partition coefficient (Wildman–Crippen LogP) is 3.11. The Bertz CT molecular complexity index is 1090. The van der Waals surface area contributed by atoms with Gasteiger partial charge in [-0.15, -0.1) is 0 Å². The van der Waals surface area contributed by atoms with Crippen molar-refractivity contribution in [3.8, 4) is 0 Å². The van der Waals surface area contributed by atoms with Gasteiger partial charge in [-0.1, -0.05) is 29.8 Å². The van der Waals surface area contributed by atoms with Crippen molar-refractivity contribution in [2.45, 2.75) is 33.4 Å². The van der Waals surface area contributed by atoms with Crippen LogP contribution in [0.2, 0.25) is 5.02 Å². The van der Waals surface area contributed by atoms with Gasteiger partial charge < -0.3 is 10.2 Å². The van der Waals surface area contributed by atoms with Crippen LogP contribution in [-0.2, 0) is 26.2 Å². The maximum absolute atomic E-state index is 14.3. The molecule has 0 spiro atoms. The van der Waals surface area contributed by atoms with E-state index in [0.29, 0.717) is 22.8 Å². The highest BCUT2D eigenvalue weighted by Crippen LogP contribution is 2.26. The van der Waals surface area contributed by atoms with Crippen LogP contribution in [0, 0.1) is 12.7 Å². The Morgan fingerprint density at radius 1 is 1.19 bits per heavy atom. The molecule has 0 saturated heterocycles. The summed E-state index contributed by atoms with van der Waals surface area (Å²) in [5.41, 5.74) is 1.07. The minimum atomic E-state index is -3.85. The lowest BCUT2D eigenvalue weighted by atomic mass is 10.1. The van der Waals surface area contributed by atoms with Crippen LogP contribution in [0.1, 0.15) is 25.0 Å². The number of anilines is 1. The molecular weight excluding hydrogens is 457 g/mol. The summed E-state index contributed by atoms with van der Waals surface area (Å²) >= 11 is 5.98. The third-order valence-electron chi connectivity index (χ3n) is 4.92. The lowest BCUT2D eigenvalue weighted by Gasteiger charge is -2.32. The number of hydrogen-bond acceptors (Lipinski definition) is 4. The summed E-state index contributed by atoms with van der Waals surface area (Å²) < 4.78 is 40.3. The predicted molar refractivity (Wildman–Crippen MR) is 123 cm³/mol. The van der Waals surface area contributed by atoms with Gasteiger partial charge in [-0.25, -0.2) is 12.8 Å². The van der Waals surface area contributed by atoms with Crippen molar-refractivity contribution in [2.24, 2.45) is 0 Å². The number of carbonyl (C=O) groups excluding carboxylic acids is 2. The molecule has 1 atom stereocenters. The molecule has 10 heteroatoms. The summed E-state index contributed by atoms with van der Waals surface area (Å²) in [7, 11) is -3.85. The summed E-state index contributed by atoms with van der Waals surface area (Å²) in [4.78, 5) is 26.9. The average molecular weight is 484 g/mol. The van der Waals surface area contributed by atoms with Gasteiger partial charge in [-0.2, -0.15) is 0 Å². The number of sulfonamides is 1. The van der Waals surface area contributed by atoms with Gasteiger partial charge in [0.25, 0.3) is 0 Å². The first-order chi connectivity index (χ1) is 15.0. The van der Waals surface area contributed by atoms with E-state index in [1.54, 1.807) is 26.0 Å². The summed E-state index contributed by atoms with van der Waals surface area (Å²) in [5.74, 6) is -1.60. The number of halogens is 2. The Labute approximate surface area is 193 Å². The van der Waals surface area contributed by atoms with E-state index in [1.807, 2.05) is 0 Å². The Hall–Kier alpha value is -2.65. The fourth-order valence-corrected chi connectivity index (χ4v) is 4.34. The van der Waals surface area contributed by atoms with Crippen molar-refractivity contribution in [2.75, 3.05) is 23.7 Å². The number of rotatable bonds is 9. The second kappa shape index (κ2) is 10.8. The smallest absolute Gasteiger partial charge is 0.244 e. The van der Waals surface area contributed by atoms with Crippen molar-refractivity contribution in [3.05, 3.63) is 64.4 Å². The van der Waals surface area contributed by atoms with E-state index >= 15 is 0 Å². The van der Waals surface area contributed by atoms with Crippen LogP contribution in [0.5, 0.6) is 0 Å². The first kappa shape index (κ1) is 25.6. The van der Waals surface area contributed by atoms with Crippen molar-refractivity contribution in [1.82, 2.24) is 10.2 Å². The highest BCUT2D eigenvalue weighted by atomic mass is 35.5. The molecule has 2 amide bonds. The zero-order valence-electron chi connectivity index (χ0n) is 18.4. The van der Waals surface area contributed by atoms with Crippen molar-refractivity contribution < 1.29 is 22.4 Å². The van der Waals surface area contributed by atoms with E-state index < -0.39 is 40.2 Å². The summed E-state index contributed by atoms with van der Waals surface area (Å²) in [6.45, 7) is 4.54. The SMILES string of the molecule is CCNC(=O)[C@H](C)N(Cc1ccccc1F)C(=O)CN(c1ccc(Cl)cc1C)S(C)(=O)=O. The molecule has 2 aromatic rings. The Morgan fingerprint density at radius 3 is 2.41 bits per heavy atom. The number of benzene rings is 2. The molecule has 0 heterocycles. The van der Waals surface area contributed by atoms with E-state index in [-0.39, 0.29) is 12.1 Å². The molecule has 0 unspecified atom stereocenters. The third kappa shape index (κ3) is 6.43. The van der Waals surface area contributed by atoms with Gasteiger partial charge in [-0.3, -0.25) is 13.9 Å². The lowest BCUT2D eigenvalue weighted by molar-refractivity contribution is -0.139. The average Bonchev–Trinajstić information content (AvgIpc) is 2.70. The lowest BCUT2D eigenvalue weighted by Crippen LogP contribution is -2.51. The van der Waals surface area contributed by atoms with Crippen LogP contribution in [0.25, 0.3) is 0 Å². The number of amides is 2. The minimum absolute atomic E-state index is 0.193. The molecule has 0 radical (unpaired) electrons. The normalized spacial score (nSPS) is 12.2. The summed E-state index contributed by atoms with van der Waals surface area (Å²) in [6, 6.07) is 9.60. The van der Waals surface area contributed by atoms with E-state index in [2.05, 4.69) is 5.32 Å². The van der Waals surface area contributed by atoms with Gasteiger partial charge >= 0.3 is 0 Å². The molecule has 2 rings (SSSR count). The van der Waals surface area contributed by atoms with Crippen LogP contribution in [-0.4, -0.2) is 50.5 Å². The van der Waals surface area contributed by atoms with Crippen molar-refractivity contribution >= 4 is 39.1 Å². The van der Waals surface area contributed by atoms with E-state index in [0.717, 1.165) is 10.6 Å². The Kier molecular flexibility index (Phi) is 8.63. The molecule has 0 aromatic heterocycles. The second-order valence-corrected chi connectivity index (χ2v) is 9.73. The van der Waals surface area contributed by atoms with Crippen LogP contribution < -0.4 is 9.62 Å². The van der Waals surface area contributed by atoms with Crippen LogP contribution in [0.3, 0.4) is 0 Å². The van der Waals surface area contributed by atoms with Gasteiger partial charge in [0.2, 0.25) is 21.8 Å². The number of nitrogens with zero attached hydrogens (tertiary/aromatic N) is 2. The minimum Gasteiger partial charge on any atom is -0.355 e. The van der Waals surface area contributed by atoms with Crippen molar-refractivity contribution in [3.63, 3.8) is 0 Å². The molecule has 0 bridgehead atoms. The van der Waals surface area contributed by atoms with Gasteiger partial charge in [0.15, 0.2) is 0 Å². The van der Waals surface area contributed by atoms with Gasteiger partial charge in [-0.05, 0) is 50.6 Å².